The molecule has 1 N–H and O–H groups in total. The Kier molecular flexibility index (Phi) is 5.56. The van der Waals surface area contributed by atoms with Gasteiger partial charge in [-0.2, -0.15) is 0 Å². The molecule has 29 heavy (non-hydrogen) atoms. The zero-order valence-corrected chi connectivity index (χ0v) is 19.4. The molecule has 4 rings (SSSR count). The van der Waals surface area contributed by atoms with Crippen molar-refractivity contribution >= 4 is 39.7 Å². The van der Waals surface area contributed by atoms with Gasteiger partial charge < -0.3 is 5.32 Å². The van der Waals surface area contributed by atoms with E-state index in [4.69, 9.17) is 0 Å². The van der Waals surface area contributed by atoms with Crippen LogP contribution in [-0.4, -0.2) is 17.2 Å². The monoisotopic (exact) mass is 426 g/mol. The normalized spacial score (nSPS) is 21.4. The van der Waals surface area contributed by atoms with Gasteiger partial charge in [0.15, 0.2) is 5.50 Å². The molecule has 0 saturated heterocycles. The molecule has 1 aliphatic carbocycles. The molecule has 2 aromatic rings. The minimum atomic E-state index is -0.118. The van der Waals surface area contributed by atoms with Gasteiger partial charge >= 0.3 is 0 Å². The SMILES string of the molecule is C=C(C)CS[C@@H]1Nc2sc3c(c2C(=O)N1c1ccccc1)CC[C@@H](C(C)(C)C)C3. The van der Waals surface area contributed by atoms with E-state index in [9.17, 15) is 4.79 Å². The number of carbonyl (C=O) groups is 1. The van der Waals surface area contributed by atoms with E-state index >= 15 is 0 Å². The molecule has 1 aromatic heterocycles. The summed E-state index contributed by atoms with van der Waals surface area (Å²) in [6, 6.07) is 10.0. The summed E-state index contributed by atoms with van der Waals surface area (Å²) in [4.78, 5) is 17.1. The molecule has 154 valence electrons. The molecule has 1 amide bonds. The Morgan fingerprint density at radius 1 is 1.31 bits per heavy atom. The number of rotatable bonds is 4. The first kappa shape index (κ1) is 20.5. The molecule has 1 aliphatic heterocycles. The van der Waals surface area contributed by atoms with E-state index in [1.54, 1.807) is 23.1 Å². The zero-order chi connectivity index (χ0) is 20.8. The molecule has 0 radical (unpaired) electrons. The topological polar surface area (TPSA) is 32.3 Å². The second kappa shape index (κ2) is 7.84. The lowest BCUT2D eigenvalue weighted by atomic mass is 9.72. The van der Waals surface area contributed by atoms with E-state index in [0.717, 1.165) is 46.8 Å². The van der Waals surface area contributed by atoms with Crippen molar-refractivity contribution in [3.05, 3.63) is 58.5 Å². The van der Waals surface area contributed by atoms with Gasteiger partial charge in [-0.05, 0) is 55.2 Å². The Bertz CT molecular complexity index is 926. The van der Waals surface area contributed by atoms with Crippen LogP contribution in [0.1, 0.15) is 54.9 Å². The van der Waals surface area contributed by atoms with Crippen molar-refractivity contribution in [1.29, 1.82) is 0 Å². The molecule has 2 aliphatic rings. The molecule has 1 aromatic carbocycles. The summed E-state index contributed by atoms with van der Waals surface area (Å²) < 4.78 is 0. The Balaban J connectivity index is 1.71. The number of hydrogen-bond acceptors (Lipinski definition) is 4. The van der Waals surface area contributed by atoms with Gasteiger partial charge in [-0.15, -0.1) is 23.1 Å². The molecule has 0 bridgehead atoms. The number of benzene rings is 1. The number of hydrogen-bond donors (Lipinski definition) is 1. The minimum absolute atomic E-state index is 0.118. The van der Waals surface area contributed by atoms with Crippen LogP contribution in [0, 0.1) is 11.3 Å². The Morgan fingerprint density at radius 3 is 2.69 bits per heavy atom. The van der Waals surface area contributed by atoms with Crippen molar-refractivity contribution in [1.82, 2.24) is 0 Å². The highest BCUT2D eigenvalue weighted by atomic mass is 32.2. The molecule has 0 spiro atoms. The minimum Gasteiger partial charge on any atom is -0.347 e. The molecule has 0 fully saturated rings. The number of amides is 1. The summed E-state index contributed by atoms with van der Waals surface area (Å²) in [6.07, 6.45) is 3.25. The third-order valence-corrected chi connectivity index (χ3v) is 8.42. The average molecular weight is 427 g/mol. The van der Waals surface area contributed by atoms with Crippen LogP contribution in [0.4, 0.5) is 10.7 Å². The van der Waals surface area contributed by atoms with E-state index < -0.39 is 0 Å². The average Bonchev–Trinajstić information content (AvgIpc) is 3.04. The van der Waals surface area contributed by atoms with Crippen molar-refractivity contribution < 1.29 is 4.79 Å². The Hall–Kier alpha value is -1.72. The first-order chi connectivity index (χ1) is 13.8. The maximum absolute atomic E-state index is 13.7. The highest BCUT2D eigenvalue weighted by molar-refractivity contribution is 8.00. The highest BCUT2D eigenvalue weighted by Gasteiger charge is 2.40. The van der Waals surface area contributed by atoms with Crippen molar-refractivity contribution in [3.63, 3.8) is 0 Å². The number of carbonyl (C=O) groups excluding carboxylic acids is 1. The van der Waals surface area contributed by atoms with Gasteiger partial charge in [0, 0.05) is 16.3 Å². The predicted molar refractivity (Wildman–Crippen MR) is 127 cm³/mol. The van der Waals surface area contributed by atoms with E-state index in [1.165, 1.54) is 10.4 Å². The molecular formula is C24H30N2OS2. The summed E-state index contributed by atoms with van der Waals surface area (Å²) in [5, 5.41) is 4.74. The number of nitrogens with one attached hydrogen (secondary N) is 1. The first-order valence-corrected chi connectivity index (χ1v) is 12.2. The fourth-order valence-electron chi connectivity index (χ4n) is 4.24. The van der Waals surface area contributed by atoms with Crippen LogP contribution in [0.5, 0.6) is 0 Å². The van der Waals surface area contributed by atoms with Crippen molar-refractivity contribution in [2.45, 2.75) is 52.5 Å². The fourth-order valence-corrected chi connectivity index (χ4v) is 6.66. The lowest BCUT2D eigenvalue weighted by Gasteiger charge is -2.37. The number of para-hydroxylation sites is 1. The van der Waals surface area contributed by atoms with Crippen molar-refractivity contribution in [2.75, 3.05) is 16.0 Å². The van der Waals surface area contributed by atoms with E-state index in [0.29, 0.717) is 11.3 Å². The predicted octanol–water partition coefficient (Wildman–Crippen LogP) is 6.56. The quantitative estimate of drug-likeness (QED) is 0.562. The first-order valence-electron chi connectivity index (χ1n) is 10.3. The molecule has 3 nitrogen and oxygen atoms in total. The number of thiophene rings is 1. The van der Waals surface area contributed by atoms with E-state index in [2.05, 4.69) is 32.7 Å². The molecule has 2 heterocycles. The van der Waals surface area contributed by atoms with Crippen molar-refractivity contribution in [3.8, 4) is 0 Å². The lowest BCUT2D eigenvalue weighted by molar-refractivity contribution is 0.0982. The van der Waals surface area contributed by atoms with Crippen LogP contribution in [0.2, 0.25) is 0 Å². The third kappa shape index (κ3) is 3.99. The molecular weight excluding hydrogens is 396 g/mol. The highest BCUT2D eigenvalue weighted by Crippen LogP contribution is 2.47. The molecule has 0 saturated carbocycles. The van der Waals surface area contributed by atoms with Crippen LogP contribution >= 0.6 is 23.1 Å². The van der Waals surface area contributed by atoms with Crippen LogP contribution in [0.15, 0.2) is 42.5 Å². The smallest absolute Gasteiger partial charge is 0.263 e. The van der Waals surface area contributed by atoms with Gasteiger partial charge in [0.2, 0.25) is 0 Å². The van der Waals surface area contributed by atoms with Gasteiger partial charge in [-0.1, -0.05) is 51.1 Å². The van der Waals surface area contributed by atoms with Gasteiger partial charge in [0.05, 0.1) is 5.56 Å². The number of nitrogens with zero attached hydrogens (tertiary/aromatic N) is 1. The number of anilines is 2. The van der Waals surface area contributed by atoms with Gasteiger partial charge in [-0.3, -0.25) is 9.69 Å². The molecule has 0 unspecified atom stereocenters. The fraction of sp³-hybridized carbons (Fsp3) is 0.458. The zero-order valence-electron chi connectivity index (χ0n) is 17.7. The number of thioether (sulfide) groups is 1. The van der Waals surface area contributed by atoms with Crippen LogP contribution < -0.4 is 10.2 Å². The van der Waals surface area contributed by atoms with E-state index in [1.807, 2.05) is 42.2 Å². The summed E-state index contributed by atoms with van der Waals surface area (Å²) >= 11 is 3.53. The summed E-state index contributed by atoms with van der Waals surface area (Å²) in [5.41, 5.74) is 4.43. The van der Waals surface area contributed by atoms with Crippen LogP contribution in [-0.2, 0) is 12.8 Å². The molecule has 5 heteroatoms. The van der Waals surface area contributed by atoms with Crippen molar-refractivity contribution in [2.24, 2.45) is 11.3 Å². The largest absolute Gasteiger partial charge is 0.347 e. The summed E-state index contributed by atoms with van der Waals surface area (Å²) in [7, 11) is 0. The van der Waals surface area contributed by atoms with Crippen LogP contribution in [0.3, 0.4) is 0 Å². The van der Waals surface area contributed by atoms with Gasteiger partial charge in [-0.25, -0.2) is 0 Å². The Morgan fingerprint density at radius 2 is 2.03 bits per heavy atom. The number of fused-ring (bicyclic) bond motifs is 3. The van der Waals surface area contributed by atoms with Gasteiger partial charge in [0.25, 0.3) is 5.91 Å². The lowest BCUT2D eigenvalue weighted by Crippen LogP contribution is -2.47. The maximum Gasteiger partial charge on any atom is 0.263 e. The standard InChI is InChI=1S/C24H30N2OS2/c1-15(2)14-28-23-25-21-20(22(27)26(23)17-9-7-6-8-10-17)18-12-11-16(24(3,4)5)13-19(18)29-21/h6-10,16,23,25H,1,11-14H2,2-5H3/t16-,23-/m1/s1. The maximum atomic E-state index is 13.7. The molecule has 2 atom stereocenters. The second-order valence-corrected chi connectivity index (χ2v) is 11.5. The van der Waals surface area contributed by atoms with Crippen LogP contribution in [0.25, 0.3) is 0 Å². The summed E-state index contributed by atoms with van der Waals surface area (Å²) in [6.45, 7) is 13.1. The third-order valence-electron chi connectivity index (χ3n) is 5.93. The second-order valence-electron chi connectivity index (χ2n) is 9.29. The Labute approximate surface area is 182 Å². The van der Waals surface area contributed by atoms with Gasteiger partial charge in [0.1, 0.15) is 5.00 Å². The van der Waals surface area contributed by atoms with E-state index in [-0.39, 0.29) is 11.4 Å². The summed E-state index contributed by atoms with van der Waals surface area (Å²) in [5.74, 6) is 1.63.